The second-order valence-corrected chi connectivity index (χ2v) is 5.87. The van der Waals surface area contributed by atoms with Crippen LogP contribution in [0.1, 0.15) is 18.3 Å². The van der Waals surface area contributed by atoms with E-state index in [0.717, 1.165) is 5.69 Å². The van der Waals surface area contributed by atoms with Crippen molar-refractivity contribution in [3.8, 4) is 0 Å². The number of nitrogens with one attached hydrogen (secondary N) is 2. The van der Waals surface area contributed by atoms with Gasteiger partial charge in [-0.2, -0.15) is 4.98 Å². The van der Waals surface area contributed by atoms with E-state index in [9.17, 15) is 9.59 Å². The number of anilines is 1. The highest BCUT2D eigenvalue weighted by molar-refractivity contribution is 7.13. The number of rotatable bonds is 6. The van der Waals surface area contributed by atoms with Crippen LogP contribution in [0.2, 0.25) is 0 Å². The quantitative estimate of drug-likeness (QED) is 0.826. The number of carbonyl (C=O) groups excluding carboxylic acids is 1. The van der Waals surface area contributed by atoms with Crippen LogP contribution in [0, 0.1) is 13.8 Å². The number of thiazole rings is 1. The van der Waals surface area contributed by atoms with Gasteiger partial charge in [0.1, 0.15) is 0 Å². The first kappa shape index (κ1) is 16.3. The first-order valence-electron chi connectivity index (χ1n) is 6.96. The molecule has 2 aromatic rings. The summed E-state index contributed by atoms with van der Waals surface area (Å²) >= 11 is 1.37. The van der Waals surface area contributed by atoms with Crippen LogP contribution >= 0.6 is 11.3 Å². The zero-order chi connectivity index (χ0) is 16.1. The molecule has 2 N–H and O–H groups in total. The minimum Gasteiger partial charge on any atom is -0.304 e. The van der Waals surface area contributed by atoms with Gasteiger partial charge in [0.25, 0.3) is 0 Å². The van der Waals surface area contributed by atoms with Crippen molar-refractivity contribution in [2.45, 2.75) is 33.4 Å². The molecular formula is C14H19N5O2S. The molecule has 0 aliphatic heterocycles. The van der Waals surface area contributed by atoms with Gasteiger partial charge in [-0.3, -0.25) is 9.36 Å². The van der Waals surface area contributed by atoms with Gasteiger partial charge < -0.3 is 10.6 Å². The van der Waals surface area contributed by atoms with Crippen molar-refractivity contribution in [2.75, 3.05) is 11.9 Å². The van der Waals surface area contributed by atoms with Gasteiger partial charge in [-0.15, -0.1) is 11.3 Å². The standard InChI is InChI=1S/C14H19N5O2S/c1-9-8-10(2)19(14(21)17-9)6-4-15-11(3)12(20)18-13-16-5-7-22-13/h5,7-8,11,15H,4,6H2,1-3H3,(H,16,18,20)/t11-/m1/s1. The highest BCUT2D eigenvalue weighted by Crippen LogP contribution is 2.10. The summed E-state index contributed by atoms with van der Waals surface area (Å²) in [6.07, 6.45) is 1.64. The Balaban J connectivity index is 1.86. The summed E-state index contributed by atoms with van der Waals surface area (Å²) in [6, 6.07) is 1.48. The van der Waals surface area contributed by atoms with Crippen LogP contribution in [0.5, 0.6) is 0 Å². The van der Waals surface area contributed by atoms with E-state index in [1.165, 1.54) is 11.3 Å². The van der Waals surface area contributed by atoms with Crippen molar-refractivity contribution >= 4 is 22.4 Å². The lowest BCUT2D eigenvalue weighted by Gasteiger charge is -2.14. The van der Waals surface area contributed by atoms with Gasteiger partial charge in [-0.25, -0.2) is 9.78 Å². The van der Waals surface area contributed by atoms with Crippen LogP contribution in [-0.2, 0) is 11.3 Å². The topological polar surface area (TPSA) is 88.9 Å². The predicted octanol–water partition coefficient (Wildman–Crippen LogP) is 0.933. The fourth-order valence-corrected chi connectivity index (χ4v) is 2.56. The summed E-state index contributed by atoms with van der Waals surface area (Å²) in [6.45, 7) is 6.40. The van der Waals surface area contributed by atoms with Gasteiger partial charge >= 0.3 is 5.69 Å². The highest BCUT2D eigenvalue weighted by atomic mass is 32.1. The summed E-state index contributed by atoms with van der Waals surface area (Å²) in [5, 5.41) is 8.19. The van der Waals surface area contributed by atoms with Crippen LogP contribution < -0.4 is 16.3 Å². The molecule has 0 saturated heterocycles. The summed E-state index contributed by atoms with van der Waals surface area (Å²) in [5.41, 5.74) is 1.31. The molecule has 0 aliphatic rings. The third-order valence-electron chi connectivity index (χ3n) is 3.19. The Morgan fingerprint density at radius 3 is 2.86 bits per heavy atom. The fraction of sp³-hybridized carbons (Fsp3) is 0.429. The van der Waals surface area contributed by atoms with E-state index in [4.69, 9.17) is 0 Å². The maximum Gasteiger partial charge on any atom is 0.347 e. The summed E-state index contributed by atoms with van der Waals surface area (Å²) in [5.74, 6) is -0.152. The lowest BCUT2D eigenvalue weighted by molar-refractivity contribution is -0.117. The van der Waals surface area contributed by atoms with Gasteiger partial charge in [0.2, 0.25) is 5.91 Å². The molecule has 0 spiro atoms. The minimum absolute atomic E-state index is 0.152. The lowest BCUT2D eigenvalue weighted by Crippen LogP contribution is -2.40. The van der Waals surface area contributed by atoms with Gasteiger partial charge in [0, 0.05) is 36.1 Å². The molecule has 8 heteroatoms. The number of amides is 1. The molecule has 0 radical (unpaired) electrons. The van der Waals surface area contributed by atoms with Crippen molar-refractivity contribution < 1.29 is 4.79 Å². The van der Waals surface area contributed by atoms with Crippen LogP contribution in [0.3, 0.4) is 0 Å². The number of hydrogen-bond acceptors (Lipinski definition) is 6. The largest absolute Gasteiger partial charge is 0.347 e. The van der Waals surface area contributed by atoms with E-state index in [-0.39, 0.29) is 17.6 Å². The molecule has 22 heavy (non-hydrogen) atoms. The molecule has 2 rings (SSSR count). The SMILES string of the molecule is Cc1cc(C)n(CCN[C@H](C)C(=O)Nc2nccs2)c(=O)n1. The molecular weight excluding hydrogens is 302 g/mol. The number of nitrogens with zero attached hydrogens (tertiary/aromatic N) is 3. The maximum atomic E-state index is 11.9. The van der Waals surface area contributed by atoms with E-state index in [1.807, 2.05) is 13.0 Å². The molecule has 0 aromatic carbocycles. The van der Waals surface area contributed by atoms with Crippen molar-refractivity contribution in [3.05, 3.63) is 39.5 Å². The zero-order valence-corrected chi connectivity index (χ0v) is 13.6. The monoisotopic (exact) mass is 321 g/mol. The Kier molecular flexibility index (Phi) is 5.40. The Bertz CT molecular complexity index is 696. The number of aryl methyl sites for hydroxylation is 2. The van der Waals surface area contributed by atoms with Gasteiger partial charge in [-0.1, -0.05) is 0 Å². The molecule has 1 atom stereocenters. The molecule has 0 bridgehead atoms. The molecule has 0 aliphatic carbocycles. The Morgan fingerprint density at radius 1 is 1.45 bits per heavy atom. The predicted molar refractivity (Wildman–Crippen MR) is 86.2 cm³/mol. The molecule has 7 nitrogen and oxygen atoms in total. The van der Waals surface area contributed by atoms with Gasteiger partial charge in [0.15, 0.2) is 5.13 Å². The van der Waals surface area contributed by atoms with Crippen molar-refractivity contribution in [1.29, 1.82) is 0 Å². The first-order chi connectivity index (χ1) is 10.5. The van der Waals surface area contributed by atoms with Crippen molar-refractivity contribution in [3.63, 3.8) is 0 Å². The number of carbonyl (C=O) groups is 1. The van der Waals surface area contributed by atoms with E-state index >= 15 is 0 Å². The summed E-state index contributed by atoms with van der Waals surface area (Å²) < 4.78 is 1.59. The number of aromatic nitrogens is 3. The molecule has 118 valence electrons. The van der Waals surface area contributed by atoms with E-state index in [2.05, 4.69) is 20.6 Å². The Labute approximate surface area is 132 Å². The highest BCUT2D eigenvalue weighted by Gasteiger charge is 2.13. The molecule has 2 aromatic heterocycles. The lowest BCUT2D eigenvalue weighted by atomic mass is 10.3. The van der Waals surface area contributed by atoms with Crippen LogP contribution in [0.4, 0.5) is 5.13 Å². The second-order valence-electron chi connectivity index (χ2n) is 4.98. The molecule has 0 saturated carbocycles. The van der Waals surface area contributed by atoms with Gasteiger partial charge in [-0.05, 0) is 26.8 Å². The Hall–Kier alpha value is -2.06. The molecule has 0 fully saturated rings. The zero-order valence-electron chi connectivity index (χ0n) is 12.8. The van der Waals surface area contributed by atoms with E-state index < -0.39 is 0 Å². The van der Waals surface area contributed by atoms with Gasteiger partial charge in [0.05, 0.1) is 6.04 Å². The van der Waals surface area contributed by atoms with Crippen LogP contribution in [-0.4, -0.2) is 33.0 Å². The van der Waals surface area contributed by atoms with Crippen molar-refractivity contribution in [1.82, 2.24) is 19.9 Å². The maximum absolute atomic E-state index is 11.9. The smallest absolute Gasteiger partial charge is 0.304 e. The normalized spacial score (nSPS) is 12.1. The van der Waals surface area contributed by atoms with E-state index in [1.54, 1.807) is 30.0 Å². The molecule has 1 amide bonds. The average Bonchev–Trinajstić information content (AvgIpc) is 2.94. The summed E-state index contributed by atoms with van der Waals surface area (Å²) in [7, 11) is 0. The van der Waals surface area contributed by atoms with Crippen LogP contribution in [0.25, 0.3) is 0 Å². The summed E-state index contributed by atoms with van der Waals surface area (Å²) in [4.78, 5) is 31.7. The third-order valence-corrected chi connectivity index (χ3v) is 3.88. The average molecular weight is 321 g/mol. The number of hydrogen-bond donors (Lipinski definition) is 2. The van der Waals surface area contributed by atoms with Crippen molar-refractivity contribution in [2.24, 2.45) is 0 Å². The first-order valence-corrected chi connectivity index (χ1v) is 7.84. The molecule has 0 unspecified atom stereocenters. The second kappa shape index (κ2) is 7.28. The minimum atomic E-state index is -0.377. The Morgan fingerprint density at radius 2 is 2.23 bits per heavy atom. The fourth-order valence-electron chi connectivity index (χ4n) is 2.03. The third kappa shape index (κ3) is 4.22. The van der Waals surface area contributed by atoms with Crippen LogP contribution in [0.15, 0.2) is 22.4 Å². The van der Waals surface area contributed by atoms with E-state index in [0.29, 0.717) is 23.9 Å². The molecule has 2 heterocycles.